The van der Waals surface area contributed by atoms with Gasteiger partial charge in [0.15, 0.2) is 0 Å². The van der Waals surface area contributed by atoms with Crippen LogP contribution in [0.15, 0.2) is 97.2 Å². The molecule has 0 fully saturated rings. The first-order valence-corrected chi connectivity index (χ1v) is 8.38. The number of fused-ring (bicyclic) bond motifs is 8. The highest BCUT2D eigenvalue weighted by Gasteiger charge is 2.36. The van der Waals surface area contributed by atoms with Gasteiger partial charge < -0.3 is 9.62 Å². The molecule has 0 radical (unpaired) electrons. The molecule has 2 nitrogen and oxygen atoms in total. The topological polar surface area (TPSA) is 6.48 Å². The van der Waals surface area contributed by atoms with Crippen molar-refractivity contribution in [2.75, 3.05) is 9.62 Å². The van der Waals surface area contributed by atoms with Gasteiger partial charge in [-0.1, -0.05) is 71.4 Å². The van der Waals surface area contributed by atoms with Crippen molar-refractivity contribution < 1.29 is 0 Å². The lowest BCUT2D eigenvalue weighted by Crippen LogP contribution is -2.61. The molecule has 0 saturated carbocycles. The van der Waals surface area contributed by atoms with E-state index in [1.54, 1.807) is 0 Å². The third-order valence-electron chi connectivity index (χ3n) is 4.97. The minimum Gasteiger partial charge on any atom is -0.382 e. The van der Waals surface area contributed by atoms with Crippen LogP contribution in [0.4, 0.5) is 11.4 Å². The first-order chi connectivity index (χ1) is 11.9. The summed E-state index contributed by atoms with van der Waals surface area (Å²) in [5, 5.41) is 0. The lowest BCUT2D eigenvalue weighted by atomic mass is 9.42. The summed E-state index contributed by atoms with van der Waals surface area (Å²) < 4.78 is 0. The number of hydrogen-bond acceptors (Lipinski definition) is 2. The van der Waals surface area contributed by atoms with Gasteiger partial charge >= 0.3 is 13.7 Å². The summed E-state index contributed by atoms with van der Waals surface area (Å²) in [4.78, 5) is 4.74. The zero-order valence-corrected chi connectivity index (χ0v) is 13.3. The number of rotatable bonds is 0. The molecule has 0 unspecified atom stereocenters. The molecule has 2 aromatic rings. The lowest BCUT2D eigenvalue weighted by molar-refractivity contribution is 1.30. The van der Waals surface area contributed by atoms with Gasteiger partial charge in [-0.25, -0.2) is 0 Å². The molecule has 0 N–H and O–H groups in total. The van der Waals surface area contributed by atoms with E-state index in [-0.39, 0.29) is 13.7 Å². The molecule has 0 atom stereocenters. The average molecular weight is 306 g/mol. The molecule has 0 amide bonds. The normalized spacial score (nSPS) is 17.0. The standard InChI is InChI=1S/C20H16B2N2/c1-2-10-18-17(9-1)21-13-5-7-15-23(21)19-11-3-4-12-20(19)24-16-8-6-14-22(18)24/h1-16H. The maximum absolute atomic E-state index is 2.37. The van der Waals surface area contributed by atoms with Gasteiger partial charge in [0.05, 0.1) is 11.4 Å². The van der Waals surface area contributed by atoms with Crippen LogP contribution in [0, 0.1) is 0 Å². The summed E-state index contributed by atoms with van der Waals surface area (Å²) in [5.74, 6) is 4.57. The Labute approximate surface area is 143 Å². The van der Waals surface area contributed by atoms with E-state index in [4.69, 9.17) is 0 Å². The second-order valence-electron chi connectivity index (χ2n) is 6.27. The largest absolute Gasteiger partial charge is 0.382 e. The number of nitrogens with zero attached hydrogens (tertiary/aromatic N) is 2. The predicted octanol–water partition coefficient (Wildman–Crippen LogP) is 2.66. The van der Waals surface area contributed by atoms with Crippen LogP contribution in [-0.2, 0) is 0 Å². The summed E-state index contributed by atoms with van der Waals surface area (Å²) in [6.07, 6.45) is 12.9. The second kappa shape index (κ2) is 5.34. The minimum absolute atomic E-state index is 0.230. The molecule has 0 aliphatic carbocycles. The molecule has 3 heterocycles. The minimum atomic E-state index is 0.230. The fraction of sp³-hybridized carbons (Fsp3) is 0. The highest BCUT2D eigenvalue weighted by atomic mass is 15.1. The van der Waals surface area contributed by atoms with Crippen molar-refractivity contribution in [1.29, 1.82) is 0 Å². The third kappa shape index (κ3) is 1.93. The molecular formula is C20H16B2N2. The SMILES string of the molecule is C1=CB2c3ccccc3B3C=CC=CN3c3ccccc3N2C=C1. The van der Waals surface area contributed by atoms with E-state index in [0.717, 1.165) is 0 Å². The van der Waals surface area contributed by atoms with Crippen molar-refractivity contribution in [2.24, 2.45) is 0 Å². The number of benzene rings is 2. The number of para-hydroxylation sites is 2. The Morgan fingerprint density at radius 3 is 1.50 bits per heavy atom. The number of hydrogen-bond donors (Lipinski definition) is 0. The lowest BCUT2D eigenvalue weighted by Gasteiger charge is -2.40. The van der Waals surface area contributed by atoms with Crippen LogP contribution in [0.25, 0.3) is 0 Å². The Kier molecular flexibility index (Phi) is 3.02. The summed E-state index contributed by atoms with van der Waals surface area (Å²) in [5.41, 5.74) is 5.20. The van der Waals surface area contributed by atoms with E-state index in [9.17, 15) is 0 Å². The van der Waals surface area contributed by atoms with E-state index >= 15 is 0 Å². The molecular weight excluding hydrogens is 290 g/mol. The zero-order chi connectivity index (χ0) is 15.9. The summed E-state index contributed by atoms with van der Waals surface area (Å²) in [6, 6.07) is 17.5. The fourth-order valence-electron chi connectivity index (χ4n) is 3.91. The van der Waals surface area contributed by atoms with E-state index in [1.807, 2.05) is 0 Å². The van der Waals surface area contributed by atoms with E-state index in [1.165, 1.54) is 22.3 Å². The van der Waals surface area contributed by atoms with Gasteiger partial charge in [0.2, 0.25) is 0 Å². The first-order valence-electron chi connectivity index (χ1n) is 8.38. The molecule has 0 aromatic heterocycles. The zero-order valence-electron chi connectivity index (χ0n) is 13.3. The molecule has 112 valence electrons. The molecule has 24 heavy (non-hydrogen) atoms. The van der Waals surface area contributed by atoms with Gasteiger partial charge in [0.25, 0.3) is 0 Å². The average Bonchev–Trinajstić information content (AvgIpc) is 2.67. The molecule has 3 aliphatic heterocycles. The molecule has 3 aliphatic rings. The molecule has 2 aromatic carbocycles. The Hall–Kier alpha value is -2.87. The van der Waals surface area contributed by atoms with Crippen LogP contribution in [0.5, 0.6) is 0 Å². The Bertz CT molecular complexity index is 764. The van der Waals surface area contributed by atoms with E-state index in [2.05, 4.69) is 107 Å². The van der Waals surface area contributed by atoms with Crippen LogP contribution in [0.2, 0.25) is 0 Å². The number of anilines is 2. The highest BCUT2D eigenvalue weighted by molar-refractivity contribution is 6.92. The van der Waals surface area contributed by atoms with Gasteiger partial charge in [-0.15, -0.1) is 0 Å². The maximum atomic E-state index is 2.37. The molecule has 0 saturated heterocycles. The van der Waals surface area contributed by atoms with Crippen molar-refractivity contribution in [3.05, 3.63) is 97.2 Å². The predicted molar refractivity (Wildman–Crippen MR) is 105 cm³/mol. The molecule has 4 heteroatoms. The van der Waals surface area contributed by atoms with Crippen LogP contribution in [0.3, 0.4) is 0 Å². The summed E-state index contributed by atoms with van der Waals surface area (Å²) in [6.45, 7) is 0.461. The van der Waals surface area contributed by atoms with Crippen molar-refractivity contribution >= 4 is 36.0 Å². The molecule has 0 spiro atoms. The smallest absolute Gasteiger partial charge is 0.319 e. The van der Waals surface area contributed by atoms with Gasteiger partial charge in [0, 0.05) is 0 Å². The van der Waals surface area contributed by atoms with Gasteiger partial charge in [-0.3, -0.25) is 0 Å². The van der Waals surface area contributed by atoms with Gasteiger partial charge in [0.1, 0.15) is 0 Å². The van der Waals surface area contributed by atoms with Crippen LogP contribution >= 0.6 is 0 Å². The van der Waals surface area contributed by atoms with Crippen LogP contribution < -0.4 is 20.5 Å². The monoisotopic (exact) mass is 306 g/mol. The Morgan fingerprint density at radius 2 is 1.00 bits per heavy atom. The Morgan fingerprint density at radius 1 is 0.542 bits per heavy atom. The number of allylic oxidation sites excluding steroid dienone is 4. The van der Waals surface area contributed by atoms with Gasteiger partial charge in [-0.2, -0.15) is 0 Å². The van der Waals surface area contributed by atoms with Crippen molar-refractivity contribution in [2.45, 2.75) is 0 Å². The van der Waals surface area contributed by atoms with Gasteiger partial charge in [-0.05, 0) is 36.7 Å². The van der Waals surface area contributed by atoms with Crippen molar-refractivity contribution in [3.8, 4) is 0 Å². The van der Waals surface area contributed by atoms with E-state index < -0.39 is 0 Å². The second-order valence-corrected chi connectivity index (χ2v) is 6.27. The quantitative estimate of drug-likeness (QED) is 0.691. The molecule has 5 rings (SSSR count). The highest BCUT2D eigenvalue weighted by Crippen LogP contribution is 2.34. The van der Waals surface area contributed by atoms with Crippen molar-refractivity contribution in [3.63, 3.8) is 0 Å². The Balaban J connectivity index is 1.82. The van der Waals surface area contributed by atoms with Crippen molar-refractivity contribution in [1.82, 2.24) is 0 Å². The molecule has 0 bridgehead atoms. The maximum Gasteiger partial charge on any atom is 0.319 e. The van der Waals surface area contributed by atoms with Crippen LogP contribution in [0.1, 0.15) is 0 Å². The first kappa shape index (κ1) is 13.6. The fourth-order valence-corrected chi connectivity index (χ4v) is 3.91. The third-order valence-corrected chi connectivity index (χ3v) is 4.97. The van der Waals surface area contributed by atoms with Crippen LogP contribution in [-0.4, -0.2) is 13.7 Å². The van der Waals surface area contributed by atoms with E-state index in [0.29, 0.717) is 0 Å². The summed E-state index contributed by atoms with van der Waals surface area (Å²) in [7, 11) is 0. The summed E-state index contributed by atoms with van der Waals surface area (Å²) >= 11 is 0.